The fourth-order valence-electron chi connectivity index (χ4n) is 2.93. The number of hydrogen-bond acceptors (Lipinski definition) is 3. The molecule has 142 valence electrons. The van der Waals surface area contributed by atoms with Gasteiger partial charge in [0.2, 0.25) is 5.91 Å². The van der Waals surface area contributed by atoms with Crippen LogP contribution in [0, 0.1) is 6.92 Å². The predicted octanol–water partition coefficient (Wildman–Crippen LogP) is 4.03. The zero-order chi connectivity index (χ0) is 19.2. The van der Waals surface area contributed by atoms with Crippen molar-refractivity contribution in [1.29, 1.82) is 0 Å². The zero-order valence-corrected chi connectivity index (χ0v) is 16.5. The van der Waals surface area contributed by atoms with Crippen molar-refractivity contribution in [2.45, 2.75) is 37.0 Å². The van der Waals surface area contributed by atoms with Gasteiger partial charge in [-0.05, 0) is 31.5 Å². The van der Waals surface area contributed by atoms with E-state index in [-0.39, 0.29) is 18.0 Å². The number of amides is 3. The number of carbonyl (C=O) groups excluding carboxylic acids is 2. The molecular weight excluding hydrogens is 358 g/mol. The summed E-state index contributed by atoms with van der Waals surface area (Å²) < 4.78 is 0. The number of urea groups is 1. The van der Waals surface area contributed by atoms with Crippen LogP contribution >= 0.6 is 11.8 Å². The lowest BCUT2D eigenvalue weighted by atomic mass is 10.2. The van der Waals surface area contributed by atoms with Crippen molar-refractivity contribution in [2.75, 3.05) is 18.4 Å². The molecule has 1 unspecified atom stereocenters. The Bertz CT molecular complexity index is 807. The number of carbonyl (C=O) groups is 2. The number of thioether (sulfide) groups is 1. The molecule has 1 aliphatic heterocycles. The monoisotopic (exact) mass is 383 g/mol. The fraction of sp³-hybridized carbons (Fsp3) is 0.333. The molecule has 5 nitrogen and oxygen atoms in total. The van der Waals surface area contributed by atoms with Crippen LogP contribution in [0.25, 0.3) is 0 Å². The Balaban J connectivity index is 1.67. The zero-order valence-electron chi connectivity index (χ0n) is 15.7. The van der Waals surface area contributed by atoms with Crippen LogP contribution in [0.4, 0.5) is 10.5 Å². The molecule has 3 rings (SSSR count). The van der Waals surface area contributed by atoms with E-state index in [1.165, 1.54) is 11.1 Å². The Kier molecular flexibility index (Phi) is 6.40. The standard InChI is InChI=1S/C21H25N3O2S/c1-15-7-9-17(10-8-15)14-27-19-6-4-3-5-18(19)23-21(26)24-12-11-20(25)22-13-16(24)2/h3-10,16H,11-14H2,1-2H3,(H,22,25)(H,23,26). The van der Waals surface area contributed by atoms with Gasteiger partial charge >= 0.3 is 6.03 Å². The van der Waals surface area contributed by atoms with Crippen LogP contribution in [0.5, 0.6) is 0 Å². The van der Waals surface area contributed by atoms with Crippen molar-refractivity contribution in [2.24, 2.45) is 0 Å². The van der Waals surface area contributed by atoms with Crippen molar-refractivity contribution in [3.05, 3.63) is 59.7 Å². The molecule has 3 amide bonds. The summed E-state index contributed by atoms with van der Waals surface area (Å²) in [5, 5.41) is 5.86. The summed E-state index contributed by atoms with van der Waals surface area (Å²) in [4.78, 5) is 27.1. The Morgan fingerprint density at radius 2 is 1.96 bits per heavy atom. The minimum Gasteiger partial charge on any atom is -0.354 e. The molecule has 6 heteroatoms. The highest BCUT2D eigenvalue weighted by molar-refractivity contribution is 7.98. The second-order valence-corrected chi connectivity index (χ2v) is 7.81. The molecule has 0 bridgehead atoms. The van der Waals surface area contributed by atoms with Crippen molar-refractivity contribution in [1.82, 2.24) is 10.2 Å². The smallest absolute Gasteiger partial charge is 0.322 e. The average molecular weight is 384 g/mol. The average Bonchev–Trinajstić information content (AvgIpc) is 2.83. The van der Waals surface area contributed by atoms with Gasteiger partial charge in [-0.3, -0.25) is 4.79 Å². The minimum absolute atomic E-state index is 0.00814. The van der Waals surface area contributed by atoms with Gasteiger partial charge in [-0.2, -0.15) is 0 Å². The quantitative estimate of drug-likeness (QED) is 0.784. The second kappa shape index (κ2) is 8.95. The Morgan fingerprint density at radius 1 is 1.22 bits per heavy atom. The van der Waals surface area contributed by atoms with Crippen LogP contribution in [0.2, 0.25) is 0 Å². The van der Waals surface area contributed by atoms with Crippen LogP contribution in [-0.4, -0.2) is 36.0 Å². The van der Waals surface area contributed by atoms with E-state index in [1.807, 2.05) is 31.2 Å². The van der Waals surface area contributed by atoms with E-state index in [0.29, 0.717) is 19.5 Å². The lowest BCUT2D eigenvalue weighted by molar-refractivity contribution is -0.120. The first kappa shape index (κ1) is 19.3. The molecule has 27 heavy (non-hydrogen) atoms. The summed E-state index contributed by atoms with van der Waals surface area (Å²) in [6, 6.07) is 16.1. The van der Waals surface area contributed by atoms with Crippen LogP contribution in [-0.2, 0) is 10.5 Å². The van der Waals surface area contributed by atoms with Crippen molar-refractivity contribution in [3.8, 4) is 0 Å². The fourth-order valence-corrected chi connectivity index (χ4v) is 3.90. The lowest BCUT2D eigenvalue weighted by Gasteiger charge is -2.27. The van der Waals surface area contributed by atoms with Gasteiger partial charge in [0.25, 0.3) is 0 Å². The van der Waals surface area contributed by atoms with Crippen molar-refractivity contribution < 1.29 is 9.59 Å². The normalized spacial score (nSPS) is 17.2. The summed E-state index contributed by atoms with van der Waals surface area (Å²) in [5.41, 5.74) is 3.30. The number of aryl methyl sites for hydroxylation is 1. The third-order valence-electron chi connectivity index (χ3n) is 4.61. The molecule has 2 aromatic carbocycles. The summed E-state index contributed by atoms with van der Waals surface area (Å²) >= 11 is 1.70. The van der Waals surface area contributed by atoms with E-state index in [2.05, 4.69) is 41.8 Å². The predicted molar refractivity (Wildman–Crippen MR) is 110 cm³/mol. The molecule has 0 radical (unpaired) electrons. The largest absolute Gasteiger partial charge is 0.354 e. The Labute approximate surface area is 164 Å². The van der Waals surface area contributed by atoms with Gasteiger partial charge in [0, 0.05) is 36.2 Å². The number of hydrogen-bond donors (Lipinski definition) is 2. The maximum absolute atomic E-state index is 12.8. The number of anilines is 1. The molecular formula is C21H25N3O2S. The molecule has 1 heterocycles. The van der Waals surface area contributed by atoms with E-state index in [0.717, 1.165) is 16.3 Å². The van der Waals surface area contributed by atoms with Gasteiger partial charge in [0.1, 0.15) is 0 Å². The highest BCUT2D eigenvalue weighted by Gasteiger charge is 2.24. The van der Waals surface area contributed by atoms with Crippen molar-refractivity contribution in [3.63, 3.8) is 0 Å². The maximum atomic E-state index is 12.8. The summed E-state index contributed by atoms with van der Waals surface area (Å²) in [6.45, 7) is 4.94. The molecule has 0 spiro atoms. The topological polar surface area (TPSA) is 61.4 Å². The molecule has 0 aliphatic carbocycles. The number of nitrogens with zero attached hydrogens (tertiary/aromatic N) is 1. The van der Waals surface area contributed by atoms with Crippen LogP contribution in [0.1, 0.15) is 24.5 Å². The summed E-state index contributed by atoms with van der Waals surface area (Å²) in [5.74, 6) is 0.831. The molecule has 1 fully saturated rings. The van der Waals surface area contributed by atoms with Crippen LogP contribution in [0.3, 0.4) is 0 Å². The third-order valence-corrected chi connectivity index (χ3v) is 5.76. The van der Waals surface area contributed by atoms with Crippen LogP contribution in [0.15, 0.2) is 53.4 Å². The van der Waals surface area contributed by atoms with Gasteiger partial charge in [-0.25, -0.2) is 4.79 Å². The highest BCUT2D eigenvalue weighted by atomic mass is 32.2. The van der Waals surface area contributed by atoms with E-state index in [9.17, 15) is 9.59 Å². The molecule has 1 saturated heterocycles. The van der Waals surface area contributed by atoms with Gasteiger partial charge in [-0.1, -0.05) is 42.0 Å². The number of para-hydroxylation sites is 1. The number of benzene rings is 2. The van der Waals surface area contributed by atoms with Gasteiger partial charge in [-0.15, -0.1) is 11.8 Å². The maximum Gasteiger partial charge on any atom is 0.322 e. The minimum atomic E-state index is -0.164. The third kappa shape index (κ3) is 5.26. The molecule has 1 atom stereocenters. The van der Waals surface area contributed by atoms with E-state index in [1.54, 1.807) is 16.7 Å². The van der Waals surface area contributed by atoms with Crippen LogP contribution < -0.4 is 10.6 Å². The van der Waals surface area contributed by atoms with Gasteiger partial charge in [0.15, 0.2) is 0 Å². The Morgan fingerprint density at radius 3 is 2.74 bits per heavy atom. The molecule has 2 N–H and O–H groups in total. The summed E-state index contributed by atoms with van der Waals surface area (Å²) in [7, 11) is 0. The SMILES string of the molecule is Cc1ccc(CSc2ccccc2NC(=O)N2CCC(=O)NCC2C)cc1. The second-order valence-electron chi connectivity index (χ2n) is 6.80. The van der Waals surface area contributed by atoms with E-state index in [4.69, 9.17) is 0 Å². The summed E-state index contributed by atoms with van der Waals surface area (Å²) in [6.07, 6.45) is 0.335. The van der Waals surface area contributed by atoms with Gasteiger partial charge in [0.05, 0.1) is 5.69 Å². The first-order chi connectivity index (χ1) is 13.0. The number of rotatable bonds is 4. The highest BCUT2D eigenvalue weighted by Crippen LogP contribution is 2.30. The first-order valence-electron chi connectivity index (χ1n) is 9.14. The van der Waals surface area contributed by atoms with Gasteiger partial charge < -0.3 is 15.5 Å². The molecule has 0 aromatic heterocycles. The first-order valence-corrected chi connectivity index (χ1v) is 10.1. The number of nitrogens with one attached hydrogen (secondary N) is 2. The molecule has 2 aromatic rings. The Hall–Kier alpha value is -2.47. The van der Waals surface area contributed by atoms with Crippen molar-refractivity contribution >= 4 is 29.4 Å². The van der Waals surface area contributed by atoms with E-state index >= 15 is 0 Å². The molecule has 1 aliphatic rings. The van der Waals surface area contributed by atoms with E-state index < -0.39 is 0 Å². The lowest BCUT2D eigenvalue weighted by Crippen LogP contribution is -2.44. The molecule has 0 saturated carbocycles.